The molecule has 7 nitrogen and oxygen atoms in total. The van der Waals surface area contributed by atoms with Crippen molar-refractivity contribution in [3.63, 3.8) is 0 Å². The molecule has 1 N–H and O–H groups in total. The Hall–Kier alpha value is -1.41. The lowest BCUT2D eigenvalue weighted by atomic mass is 9.93. The van der Waals surface area contributed by atoms with Crippen molar-refractivity contribution < 1.29 is 13.2 Å². The fourth-order valence-corrected chi connectivity index (χ4v) is 5.36. The van der Waals surface area contributed by atoms with Gasteiger partial charge >= 0.3 is 0 Å². The number of rotatable bonds is 5. The molecule has 0 aliphatic carbocycles. The summed E-state index contributed by atoms with van der Waals surface area (Å²) in [5.74, 6) is 0.953. The number of carbonyl (C=O) groups excluding carboxylic acids is 1. The number of nitrogens with zero attached hydrogens (tertiary/aromatic N) is 3. The first-order valence-electron chi connectivity index (χ1n) is 8.64. The van der Waals surface area contributed by atoms with Gasteiger partial charge in [-0.15, -0.1) is 0 Å². The van der Waals surface area contributed by atoms with Gasteiger partial charge in [0.1, 0.15) is 0 Å². The van der Waals surface area contributed by atoms with Crippen LogP contribution < -0.4 is 5.32 Å². The Labute approximate surface area is 143 Å². The molecular formula is C16H26N4O3S. The van der Waals surface area contributed by atoms with Gasteiger partial charge in [-0.05, 0) is 45.2 Å². The molecule has 2 unspecified atom stereocenters. The molecule has 2 fully saturated rings. The maximum atomic E-state index is 12.1. The van der Waals surface area contributed by atoms with Crippen LogP contribution in [0.1, 0.15) is 38.1 Å². The van der Waals surface area contributed by atoms with Crippen LogP contribution in [0, 0.1) is 5.92 Å². The van der Waals surface area contributed by atoms with Crippen molar-refractivity contribution in [2.75, 3.05) is 37.0 Å². The first-order chi connectivity index (χ1) is 11.4. The third-order valence-corrected chi connectivity index (χ3v) is 6.72. The number of hydrogen-bond acceptors (Lipinski definition) is 5. The van der Waals surface area contributed by atoms with E-state index >= 15 is 0 Å². The van der Waals surface area contributed by atoms with Gasteiger partial charge in [0.25, 0.3) is 0 Å². The largest absolute Gasteiger partial charge is 0.323 e. The minimum atomic E-state index is -2.94. The Morgan fingerprint density at radius 2 is 2.25 bits per heavy atom. The maximum Gasteiger partial charge on any atom is 0.224 e. The molecule has 2 atom stereocenters. The number of piperidine rings is 1. The van der Waals surface area contributed by atoms with Crippen LogP contribution in [-0.4, -0.2) is 60.6 Å². The summed E-state index contributed by atoms with van der Waals surface area (Å²) in [6, 6.07) is -0.113. The summed E-state index contributed by atoms with van der Waals surface area (Å²) in [4.78, 5) is 14.4. The van der Waals surface area contributed by atoms with E-state index in [1.807, 2.05) is 0 Å². The Morgan fingerprint density at radius 3 is 2.96 bits per heavy atom. The van der Waals surface area contributed by atoms with Gasteiger partial charge in [0, 0.05) is 19.2 Å². The SMILES string of the molecule is CN1CCCC(CCC(=O)Nc2cnn(C3CCS(=O)(=O)C3)c2)C1. The van der Waals surface area contributed by atoms with Crippen LogP contribution in [0.4, 0.5) is 5.69 Å². The Balaban J connectivity index is 1.47. The highest BCUT2D eigenvalue weighted by Gasteiger charge is 2.29. The second-order valence-electron chi connectivity index (χ2n) is 7.12. The van der Waals surface area contributed by atoms with Crippen LogP contribution in [0.15, 0.2) is 12.4 Å². The second-order valence-corrected chi connectivity index (χ2v) is 9.35. The van der Waals surface area contributed by atoms with Gasteiger partial charge in [0.2, 0.25) is 5.91 Å². The lowest BCUT2D eigenvalue weighted by molar-refractivity contribution is -0.116. The van der Waals surface area contributed by atoms with Crippen LogP contribution >= 0.6 is 0 Å². The fraction of sp³-hybridized carbons (Fsp3) is 0.750. The molecule has 0 bridgehead atoms. The summed E-state index contributed by atoms with van der Waals surface area (Å²) >= 11 is 0. The number of amides is 1. The van der Waals surface area contributed by atoms with Crippen LogP contribution in [0.3, 0.4) is 0 Å². The lowest BCUT2D eigenvalue weighted by Gasteiger charge is -2.29. The number of anilines is 1. The molecule has 1 aromatic rings. The van der Waals surface area contributed by atoms with Crippen molar-refractivity contribution in [1.82, 2.24) is 14.7 Å². The second kappa shape index (κ2) is 7.23. The normalized spacial score (nSPS) is 27.2. The summed E-state index contributed by atoms with van der Waals surface area (Å²) in [6.07, 6.45) is 7.75. The van der Waals surface area contributed by atoms with Crippen LogP contribution in [0.5, 0.6) is 0 Å². The third kappa shape index (κ3) is 4.57. The molecule has 134 valence electrons. The van der Waals surface area contributed by atoms with Crippen molar-refractivity contribution >= 4 is 21.4 Å². The van der Waals surface area contributed by atoms with E-state index in [1.165, 1.54) is 12.8 Å². The molecule has 2 aliphatic rings. The molecule has 8 heteroatoms. The molecule has 2 saturated heterocycles. The van der Waals surface area contributed by atoms with Crippen molar-refractivity contribution in [2.45, 2.75) is 38.1 Å². The molecule has 3 heterocycles. The zero-order chi connectivity index (χ0) is 17.2. The zero-order valence-corrected chi connectivity index (χ0v) is 15.0. The fourth-order valence-electron chi connectivity index (χ4n) is 3.65. The van der Waals surface area contributed by atoms with E-state index in [1.54, 1.807) is 17.1 Å². The number of likely N-dealkylation sites (tertiary alicyclic amines) is 1. The summed E-state index contributed by atoms with van der Waals surface area (Å²) in [5, 5.41) is 7.08. The van der Waals surface area contributed by atoms with Crippen molar-refractivity contribution in [3.05, 3.63) is 12.4 Å². The smallest absolute Gasteiger partial charge is 0.224 e. The van der Waals surface area contributed by atoms with Crippen LogP contribution in [0.25, 0.3) is 0 Å². The summed E-state index contributed by atoms with van der Waals surface area (Å²) < 4.78 is 24.7. The molecule has 1 aromatic heterocycles. The maximum absolute atomic E-state index is 12.1. The minimum absolute atomic E-state index is 0.00169. The Bertz CT molecular complexity index is 685. The van der Waals surface area contributed by atoms with Crippen molar-refractivity contribution in [3.8, 4) is 0 Å². The Morgan fingerprint density at radius 1 is 1.42 bits per heavy atom. The lowest BCUT2D eigenvalue weighted by Crippen LogP contribution is -2.32. The Kier molecular flexibility index (Phi) is 5.24. The molecule has 2 aliphatic heterocycles. The predicted molar refractivity (Wildman–Crippen MR) is 92.6 cm³/mol. The summed E-state index contributed by atoms with van der Waals surface area (Å²) in [6.45, 7) is 2.22. The number of hydrogen-bond donors (Lipinski definition) is 1. The molecule has 0 radical (unpaired) electrons. The third-order valence-electron chi connectivity index (χ3n) is 4.97. The highest BCUT2D eigenvalue weighted by atomic mass is 32.2. The highest BCUT2D eigenvalue weighted by Crippen LogP contribution is 2.24. The van der Waals surface area contributed by atoms with Crippen molar-refractivity contribution in [1.29, 1.82) is 0 Å². The number of sulfone groups is 1. The molecule has 0 saturated carbocycles. The van der Waals surface area contributed by atoms with E-state index in [2.05, 4.69) is 22.4 Å². The van der Waals surface area contributed by atoms with Crippen LogP contribution in [0.2, 0.25) is 0 Å². The van der Waals surface area contributed by atoms with Gasteiger partial charge in [-0.25, -0.2) is 8.42 Å². The monoisotopic (exact) mass is 354 g/mol. The molecule has 0 aromatic carbocycles. The molecule has 0 spiro atoms. The average Bonchev–Trinajstić information content (AvgIpc) is 3.11. The van der Waals surface area contributed by atoms with Gasteiger partial charge in [-0.2, -0.15) is 5.10 Å². The van der Waals surface area contributed by atoms with Gasteiger partial charge in [-0.1, -0.05) is 0 Å². The van der Waals surface area contributed by atoms with E-state index in [4.69, 9.17) is 0 Å². The first kappa shape index (κ1) is 17.4. The van der Waals surface area contributed by atoms with Crippen LogP contribution in [-0.2, 0) is 14.6 Å². The number of nitrogens with one attached hydrogen (secondary N) is 1. The van der Waals surface area contributed by atoms with E-state index < -0.39 is 9.84 Å². The van der Waals surface area contributed by atoms with Gasteiger partial charge in [0.05, 0.1) is 29.4 Å². The van der Waals surface area contributed by atoms with E-state index in [0.29, 0.717) is 24.4 Å². The summed E-state index contributed by atoms with van der Waals surface area (Å²) in [5.41, 5.74) is 0.644. The summed E-state index contributed by atoms with van der Waals surface area (Å²) in [7, 11) is -0.806. The first-order valence-corrected chi connectivity index (χ1v) is 10.5. The minimum Gasteiger partial charge on any atom is -0.323 e. The molecule has 3 rings (SSSR count). The highest BCUT2D eigenvalue weighted by molar-refractivity contribution is 7.91. The van der Waals surface area contributed by atoms with Gasteiger partial charge < -0.3 is 10.2 Å². The van der Waals surface area contributed by atoms with Gasteiger partial charge in [0.15, 0.2) is 9.84 Å². The van der Waals surface area contributed by atoms with Gasteiger partial charge in [-0.3, -0.25) is 9.48 Å². The molecular weight excluding hydrogens is 328 g/mol. The standard InChI is InChI=1S/C16H26N4O3S/c1-19-7-2-3-13(10-19)4-5-16(21)18-14-9-17-20(11-14)15-6-8-24(22,23)12-15/h9,11,13,15H,2-8,10,12H2,1H3,(H,18,21). The van der Waals surface area contributed by atoms with E-state index in [0.717, 1.165) is 19.5 Å². The zero-order valence-electron chi connectivity index (χ0n) is 14.1. The number of aromatic nitrogens is 2. The van der Waals surface area contributed by atoms with Crippen molar-refractivity contribution in [2.24, 2.45) is 5.92 Å². The quantitative estimate of drug-likeness (QED) is 0.862. The number of carbonyl (C=O) groups is 1. The van der Waals surface area contributed by atoms with E-state index in [9.17, 15) is 13.2 Å². The molecule has 1 amide bonds. The topological polar surface area (TPSA) is 84.3 Å². The molecule has 24 heavy (non-hydrogen) atoms. The predicted octanol–water partition coefficient (Wildman–Crippen LogP) is 1.30. The van der Waals surface area contributed by atoms with E-state index in [-0.39, 0.29) is 23.5 Å². The average molecular weight is 354 g/mol.